The molecule has 0 aromatic heterocycles. The Balaban J connectivity index is 1.77. The Morgan fingerprint density at radius 1 is 1.30 bits per heavy atom. The summed E-state index contributed by atoms with van der Waals surface area (Å²) in [6, 6.07) is 2.10. The van der Waals surface area contributed by atoms with Crippen molar-refractivity contribution in [2.45, 2.75) is 31.5 Å². The van der Waals surface area contributed by atoms with E-state index in [1.807, 2.05) is 0 Å². The fourth-order valence-corrected chi connectivity index (χ4v) is 3.27. The summed E-state index contributed by atoms with van der Waals surface area (Å²) in [7, 11) is 0. The molecule has 3 amide bonds. The number of carbonyl (C=O) groups is 3. The molecule has 164 valence electrons. The number of morpholine rings is 1. The predicted octanol–water partition coefficient (Wildman–Crippen LogP) is 1.25. The van der Waals surface area contributed by atoms with Crippen LogP contribution < -0.4 is 21.3 Å². The minimum Gasteiger partial charge on any atom is -0.370 e. The van der Waals surface area contributed by atoms with Gasteiger partial charge in [-0.15, -0.1) is 0 Å². The number of benzene rings is 1. The number of anilines is 2. The van der Waals surface area contributed by atoms with Crippen LogP contribution in [0.15, 0.2) is 18.2 Å². The first kappa shape index (κ1) is 22.0. The van der Waals surface area contributed by atoms with Crippen LogP contribution >= 0.6 is 0 Å². The second kappa shape index (κ2) is 9.00. The number of rotatable bonds is 6. The molecule has 3 rings (SSSR count). The Labute approximate surface area is 170 Å². The quantitative estimate of drug-likeness (QED) is 0.631. The standard InChI is InChI=1S/C19H23F3N4O4/c20-19(21,22)13-8-12(4-5-15(13)26-6-7-30-10-16(26)27)24-18(29)14(9-23)25-17(28)11-2-1-3-11/h4-5,8,11,14H,1-3,6-7,9-10,23H2,(H,24,29)(H,25,28)/t14-/m1/s1. The summed E-state index contributed by atoms with van der Waals surface area (Å²) < 4.78 is 45.8. The van der Waals surface area contributed by atoms with Gasteiger partial charge in [0.1, 0.15) is 12.6 Å². The first-order valence-corrected chi connectivity index (χ1v) is 9.61. The second-order valence-corrected chi connectivity index (χ2v) is 7.24. The topological polar surface area (TPSA) is 114 Å². The highest BCUT2D eigenvalue weighted by Crippen LogP contribution is 2.38. The monoisotopic (exact) mass is 428 g/mol. The van der Waals surface area contributed by atoms with Gasteiger partial charge in [0.15, 0.2) is 0 Å². The average Bonchev–Trinajstić information content (AvgIpc) is 2.64. The number of carbonyl (C=O) groups excluding carboxylic acids is 3. The van der Waals surface area contributed by atoms with Crippen molar-refractivity contribution in [2.24, 2.45) is 11.7 Å². The van der Waals surface area contributed by atoms with E-state index < -0.39 is 29.6 Å². The molecule has 8 nitrogen and oxygen atoms in total. The van der Waals surface area contributed by atoms with Crippen LogP contribution in [0.1, 0.15) is 24.8 Å². The second-order valence-electron chi connectivity index (χ2n) is 7.24. The number of nitrogens with zero attached hydrogens (tertiary/aromatic N) is 1. The van der Waals surface area contributed by atoms with Crippen molar-refractivity contribution < 1.29 is 32.3 Å². The van der Waals surface area contributed by atoms with Crippen LogP contribution in [0.3, 0.4) is 0 Å². The Morgan fingerprint density at radius 3 is 2.60 bits per heavy atom. The highest BCUT2D eigenvalue weighted by molar-refractivity contribution is 5.99. The normalized spacial score (nSPS) is 18.5. The zero-order valence-electron chi connectivity index (χ0n) is 16.1. The number of ether oxygens (including phenoxy) is 1. The molecule has 2 aliphatic rings. The van der Waals surface area contributed by atoms with E-state index in [-0.39, 0.29) is 49.5 Å². The molecule has 1 aliphatic carbocycles. The summed E-state index contributed by atoms with van der Waals surface area (Å²) in [5, 5.41) is 4.90. The number of halogens is 3. The minimum atomic E-state index is -4.75. The number of amides is 3. The van der Waals surface area contributed by atoms with Crippen LogP contribution in [-0.2, 0) is 25.3 Å². The third-order valence-electron chi connectivity index (χ3n) is 5.19. The van der Waals surface area contributed by atoms with Crippen LogP contribution in [0, 0.1) is 5.92 Å². The highest BCUT2D eigenvalue weighted by atomic mass is 19.4. The Kier molecular flexibility index (Phi) is 6.61. The minimum absolute atomic E-state index is 0.00390. The van der Waals surface area contributed by atoms with Crippen molar-refractivity contribution in [2.75, 3.05) is 36.5 Å². The Bertz CT molecular complexity index is 826. The van der Waals surface area contributed by atoms with Crippen molar-refractivity contribution >= 4 is 29.1 Å². The molecule has 0 unspecified atom stereocenters. The van der Waals surface area contributed by atoms with Gasteiger partial charge in [-0.3, -0.25) is 14.4 Å². The van der Waals surface area contributed by atoms with Crippen LogP contribution in [0.5, 0.6) is 0 Å². The lowest BCUT2D eigenvalue weighted by Gasteiger charge is -2.29. The first-order chi connectivity index (χ1) is 14.2. The van der Waals surface area contributed by atoms with Gasteiger partial charge in [0, 0.05) is 24.7 Å². The van der Waals surface area contributed by atoms with E-state index in [0.717, 1.165) is 36.3 Å². The van der Waals surface area contributed by atoms with Gasteiger partial charge in [0.05, 0.1) is 17.9 Å². The molecule has 1 aromatic carbocycles. The van der Waals surface area contributed by atoms with Crippen molar-refractivity contribution in [1.29, 1.82) is 0 Å². The summed E-state index contributed by atoms with van der Waals surface area (Å²) in [5.74, 6) is -1.74. The number of hydrogen-bond donors (Lipinski definition) is 3. The lowest BCUT2D eigenvalue weighted by Crippen LogP contribution is -2.50. The molecule has 0 spiro atoms. The van der Waals surface area contributed by atoms with Crippen molar-refractivity contribution in [3.05, 3.63) is 23.8 Å². The molecule has 2 fully saturated rings. The fourth-order valence-electron chi connectivity index (χ4n) is 3.27. The maximum Gasteiger partial charge on any atom is 0.418 e. The highest BCUT2D eigenvalue weighted by Gasteiger charge is 2.37. The molecule has 1 saturated heterocycles. The summed E-state index contributed by atoms with van der Waals surface area (Å²) >= 11 is 0. The van der Waals surface area contributed by atoms with Gasteiger partial charge in [0.2, 0.25) is 11.8 Å². The molecule has 1 atom stereocenters. The molecule has 4 N–H and O–H groups in total. The average molecular weight is 428 g/mol. The zero-order chi connectivity index (χ0) is 21.9. The van der Waals surface area contributed by atoms with E-state index in [9.17, 15) is 27.6 Å². The van der Waals surface area contributed by atoms with Crippen molar-refractivity contribution in [3.63, 3.8) is 0 Å². The number of nitrogens with two attached hydrogens (primary N) is 1. The van der Waals surface area contributed by atoms with Crippen LogP contribution in [0.25, 0.3) is 0 Å². The third-order valence-corrected chi connectivity index (χ3v) is 5.19. The lowest BCUT2D eigenvalue weighted by molar-refractivity contribution is -0.137. The van der Waals surface area contributed by atoms with Gasteiger partial charge in [-0.25, -0.2) is 0 Å². The van der Waals surface area contributed by atoms with E-state index in [1.54, 1.807) is 0 Å². The Hall–Kier alpha value is -2.66. The molecule has 0 bridgehead atoms. The maximum absolute atomic E-state index is 13.6. The van der Waals surface area contributed by atoms with Crippen LogP contribution in [-0.4, -0.2) is 50.1 Å². The molecular weight excluding hydrogens is 405 g/mol. The predicted molar refractivity (Wildman–Crippen MR) is 102 cm³/mol. The summed E-state index contributed by atoms with van der Waals surface area (Å²) in [5.41, 5.74) is 4.08. The Morgan fingerprint density at radius 2 is 2.03 bits per heavy atom. The van der Waals surface area contributed by atoms with Gasteiger partial charge in [-0.05, 0) is 31.0 Å². The van der Waals surface area contributed by atoms with E-state index in [4.69, 9.17) is 10.5 Å². The molecule has 1 saturated carbocycles. The van der Waals surface area contributed by atoms with Gasteiger partial charge in [0.25, 0.3) is 5.91 Å². The van der Waals surface area contributed by atoms with Gasteiger partial charge in [-0.1, -0.05) is 6.42 Å². The van der Waals surface area contributed by atoms with Crippen molar-refractivity contribution in [3.8, 4) is 0 Å². The van der Waals surface area contributed by atoms with Gasteiger partial charge >= 0.3 is 6.18 Å². The van der Waals surface area contributed by atoms with E-state index in [0.29, 0.717) is 0 Å². The van der Waals surface area contributed by atoms with E-state index in [2.05, 4.69) is 10.6 Å². The van der Waals surface area contributed by atoms with Crippen LogP contribution in [0.2, 0.25) is 0 Å². The van der Waals surface area contributed by atoms with E-state index >= 15 is 0 Å². The summed E-state index contributed by atoms with van der Waals surface area (Å²) in [4.78, 5) is 37.5. The molecule has 1 aromatic rings. The summed E-state index contributed by atoms with van der Waals surface area (Å²) in [6.07, 6.45) is -2.33. The van der Waals surface area contributed by atoms with Gasteiger partial charge in [-0.2, -0.15) is 13.2 Å². The first-order valence-electron chi connectivity index (χ1n) is 9.61. The molecule has 1 heterocycles. The number of hydrogen-bond acceptors (Lipinski definition) is 5. The maximum atomic E-state index is 13.6. The lowest BCUT2D eigenvalue weighted by atomic mass is 9.84. The smallest absolute Gasteiger partial charge is 0.370 e. The molecule has 1 aliphatic heterocycles. The van der Waals surface area contributed by atoms with E-state index in [1.165, 1.54) is 6.07 Å². The largest absolute Gasteiger partial charge is 0.418 e. The molecule has 0 radical (unpaired) electrons. The number of alkyl halides is 3. The molecule has 30 heavy (non-hydrogen) atoms. The van der Waals surface area contributed by atoms with Crippen LogP contribution in [0.4, 0.5) is 24.5 Å². The SMILES string of the molecule is NC[C@@H](NC(=O)C1CCC1)C(=O)Nc1ccc(N2CCOCC2=O)c(C(F)(F)F)c1. The molecule has 11 heteroatoms. The molecular formula is C19H23F3N4O4. The van der Waals surface area contributed by atoms with Crippen molar-refractivity contribution in [1.82, 2.24) is 5.32 Å². The zero-order valence-corrected chi connectivity index (χ0v) is 16.1. The number of nitrogens with one attached hydrogen (secondary N) is 2. The summed E-state index contributed by atoms with van der Waals surface area (Å²) in [6.45, 7) is -0.373. The fraction of sp³-hybridized carbons (Fsp3) is 0.526. The third kappa shape index (κ3) is 4.90. The van der Waals surface area contributed by atoms with Gasteiger partial charge < -0.3 is 26.0 Å².